The maximum Gasteiger partial charge on any atom is 0.127 e. The van der Waals surface area contributed by atoms with Crippen molar-refractivity contribution >= 4 is 27.5 Å². The summed E-state index contributed by atoms with van der Waals surface area (Å²) >= 11 is 9.63. The van der Waals surface area contributed by atoms with Gasteiger partial charge in [0.2, 0.25) is 0 Å². The summed E-state index contributed by atoms with van der Waals surface area (Å²) in [7, 11) is 0. The molecule has 0 spiro atoms. The third-order valence-electron chi connectivity index (χ3n) is 2.83. The molecule has 0 radical (unpaired) electrons. The van der Waals surface area contributed by atoms with Crippen LogP contribution in [0.15, 0.2) is 46.9 Å². The molecule has 0 fully saturated rings. The van der Waals surface area contributed by atoms with Crippen molar-refractivity contribution in [3.63, 3.8) is 0 Å². The molecule has 2 aromatic carbocycles. The first-order valence-electron chi connectivity index (χ1n) is 5.71. The minimum absolute atomic E-state index is 0.259. The van der Waals surface area contributed by atoms with Crippen LogP contribution in [0.1, 0.15) is 22.1 Å². The lowest BCUT2D eigenvalue weighted by Gasteiger charge is -2.11. The van der Waals surface area contributed by atoms with Crippen LogP contribution in [0.5, 0.6) is 0 Å². The van der Waals surface area contributed by atoms with Gasteiger partial charge in [-0.25, -0.2) is 4.39 Å². The lowest BCUT2D eigenvalue weighted by molar-refractivity contribution is 0.605. The van der Waals surface area contributed by atoms with E-state index in [1.54, 1.807) is 12.1 Å². The van der Waals surface area contributed by atoms with Crippen molar-refractivity contribution < 1.29 is 4.39 Å². The van der Waals surface area contributed by atoms with Crippen molar-refractivity contribution in [1.29, 1.82) is 0 Å². The molecule has 0 nitrogen and oxygen atoms in total. The van der Waals surface area contributed by atoms with Crippen molar-refractivity contribution in [3.8, 4) is 0 Å². The fourth-order valence-corrected chi connectivity index (χ4v) is 2.52. The first kappa shape index (κ1) is 13.6. The van der Waals surface area contributed by atoms with Crippen LogP contribution in [0, 0.1) is 12.7 Å². The van der Waals surface area contributed by atoms with E-state index in [0.29, 0.717) is 12.0 Å². The molecule has 0 saturated heterocycles. The van der Waals surface area contributed by atoms with Crippen LogP contribution in [-0.4, -0.2) is 0 Å². The smallest absolute Gasteiger partial charge is 0.127 e. The van der Waals surface area contributed by atoms with Gasteiger partial charge in [0.05, 0.1) is 5.38 Å². The van der Waals surface area contributed by atoms with E-state index in [4.69, 9.17) is 11.6 Å². The first-order valence-corrected chi connectivity index (χ1v) is 6.94. The van der Waals surface area contributed by atoms with E-state index in [1.807, 2.05) is 31.2 Å². The highest BCUT2D eigenvalue weighted by molar-refractivity contribution is 9.10. The van der Waals surface area contributed by atoms with E-state index in [-0.39, 0.29) is 11.2 Å². The van der Waals surface area contributed by atoms with Crippen LogP contribution < -0.4 is 0 Å². The summed E-state index contributed by atoms with van der Waals surface area (Å²) in [5.41, 5.74) is 2.85. The number of benzene rings is 2. The van der Waals surface area contributed by atoms with E-state index in [0.717, 1.165) is 10.0 Å². The molecule has 94 valence electrons. The number of hydrogen-bond acceptors (Lipinski definition) is 0. The number of aryl methyl sites for hydroxylation is 1. The summed E-state index contributed by atoms with van der Waals surface area (Å²) in [5, 5.41) is -0.356. The van der Waals surface area contributed by atoms with Crippen LogP contribution in [0.25, 0.3) is 0 Å². The zero-order valence-corrected chi connectivity index (χ0v) is 12.3. The van der Waals surface area contributed by atoms with Gasteiger partial charge in [-0.05, 0) is 37.1 Å². The predicted molar refractivity (Wildman–Crippen MR) is 77.6 cm³/mol. The summed E-state index contributed by atoms with van der Waals surface area (Å²) in [6.45, 7) is 2.04. The van der Waals surface area contributed by atoms with E-state index >= 15 is 0 Å². The Kier molecular flexibility index (Phi) is 4.41. The second-order valence-corrected chi connectivity index (χ2v) is 5.77. The molecule has 1 unspecified atom stereocenters. The van der Waals surface area contributed by atoms with Crippen molar-refractivity contribution in [2.75, 3.05) is 0 Å². The summed E-state index contributed by atoms with van der Waals surface area (Å²) < 4.78 is 14.5. The molecule has 0 aromatic heterocycles. The molecule has 0 aliphatic rings. The predicted octanol–water partition coefficient (Wildman–Crippen LogP) is 5.42. The third-order valence-corrected chi connectivity index (χ3v) is 3.71. The number of alkyl halides is 1. The molecule has 3 heteroatoms. The Hall–Kier alpha value is -0.860. The van der Waals surface area contributed by atoms with E-state index in [9.17, 15) is 4.39 Å². The maximum atomic E-state index is 13.7. The first-order chi connectivity index (χ1) is 8.56. The van der Waals surface area contributed by atoms with Crippen LogP contribution in [-0.2, 0) is 6.42 Å². The molecule has 2 rings (SSSR count). The zero-order valence-electron chi connectivity index (χ0n) is 9.96. The molecule has 0 amide bonds. The van der Waals surface area contributed by atoms with Gasteiger partial charge < -0.3 is 0 Å². The summed E-state index contributed by atoms with van der Waals surface area (Å²) in [5.74, 6) is -0.259. The van der Waals surface area contributed by atoms with Crippen molar-refractivity contribution in [1.82, 2.24) is 0 Å². The standard InChI is InChI=1S/C15H13BrClF/c1-10-2-4-11(5-3-10)8-14(17)13-9-12(16)6-7-15(13)18/h2-7,9,14H,8H2,1H3. The van der Waals surface area contributed by atoms with Crippen molar-refractivity contribution in [2.45, 2.75) is 18.7 Å². The van der Waals surface area contributed by atoms with Gasteiger partial charge in [0.15, 0.2) is 0 Å². The number of rotatable bonds is 3. The second-order valence-electron chi connectivity index (χ2n) is 4.32. The molecule has 2 aromatic rings. The van der Waals surface area contributed by atoms with Crippen LogP contribution in [0.4, 0.5) is 4.39 Å². The monoisotopic (exact) mass is 326 g/mol. The van der Waals surface area contributed by atoms with Gasteiger partial charge >= 0.3 is 0 Å². The Bertz CT molecular complexity index is 537. The quantitative estimate of drug-likeness (QED) is 0.660. The van der Waals surface area contributed by atoms with E-state index < -0.39 is 0 Å². The number of halogens is 3. The molecule has 0 aliphatic heterocycles. The lowest BCUT2D eigenvalue weighted by atomic mass is 10.0. The van der Waals surface area contributed by atoms with Gasteiger partial charge in [-0.1, -0.05) is 45.8 Å². The van der Waals surface area contributed by atoms with Gasteiger partial charge in [0, 0.05) is 10.0 Å². The van der Waals surface area contributed by atoms with Gasteiger partial charge in [0.25, 0.3) is 0 Å². The normalized spacial score (nSPS) is 12.4. The summed E-state index contributed by atoms with van der Waals surface area (Å²) in [6, 6.07) is 13.0. The lowest BCUT2D eigenvalue weighted by Crippen LogP contribution is -1.99. The molecular formula is C15H13BrClF. The van der Waals surface area contributed by atoms with Gasteiger partial charge in [-0.2, -0.15) is 0 Å². The molecule has 0 bridgehead atoms. The highest BCUT2D eigenvalue weighted by Crippen LogP contribution is 2.29. The molecular weight excluding hydrogens is 315 g/mol. The average molecular weight is 328 g/mol. The Labute approximate surface area is 120 Å². The largest absolute Gasteiger partial charge is 0.207 e. The molecule has 0 heterocycles. The second kappa shape index (κ2) is 5.85. The Morgan fingerprint density at radius 3 is 2.50 bits per heavy atom. The zero-order chi connectivity index (χ0) is 13.1. The fourth-order valence-electron chi connectivity index (χ4n) is 1.80. The average Bonchev–Trinajstić information content (AvgIpc) is 2.35. The van der Waals surface area contributed by atoms with Crippen molar-refractivity contribution in [2.24, 2.45) is 0 Å². The Balaban J connectivity index is 2.18. The molecule has 0 aliphatic carbocycles. The highest BCUT2D eigenvalue weighted by Gasteiger charge is 2.14. The molecule has 0 saturated carbocycles. The topological polar surface area (TPSA) is 0 Å². The highest BCUT2D eigenvalue weighted by atomic mass is 79.9. The maximum absolute atomic E-state index is 13.7. The van der Waals surface area contributed by atoms with Crippen molar-refractivity contribution in [3.05, 3.63) is 69.4 Å². The molecule has 1 atom stereocenters. The SMILES string of the molecule is Cc1ccc(CC(Cl)c2cc(Br)ccc2F)cc1. The number of hydrogen-bond donors (Lipinski definition) is 0. The summed E-state index contributed by atoms with van der Waals surface area (Å²) in [4.78, 5) is 0. The third kappa shape index (κ3) is 3.33. The molecule has 0 N–H and O–H groups in total. The van der Waals surface area contributed by atoms with E-state index in [1.165, 1.54) is 11.6 Å². The Morgan fingerprint density at radius 2 is 1.83 bits per heavy atom. The molecule has 18 heavy (non-hydrogen) atoms. The van der Waals surface area contributed by atoms with Crippen LogP contribution >= 0.6 is 27.5 Å². The van der Waals surface area contributed by atoms with Crippen LogP contribution in [0.3, 0.4) is 0 Å². The van der Waals surface area contributed by atoms with Gasteiger partial charge in [0.1, 0.15) is 5.82 Å². The summed E-state index contributed by atoms with van der Waals surface area (Å²) in [6.07, 6.45) is 0.620. The van der Waals surface area contributed by atoms with E-state index in [2.05, 4.69) is 15.9 Å². The van der Waals surface area contributed by atoms with Gasteiger partial charge in [-0.15, -0.1) is 11.6 Å². The fraction of sp³-hybridized carbons (Fsp3) is 0.200. The van der Waals surface area contributed by atoms with Gasteiger partial charge in [-0.3, -0.25) is 0 Å². The minimum Gasteiger partial charge on any atom is -0.207 e. The Morgan fingerprint density at radius 1 is 1.17 bits per heavy atom. The minimum atomic E-state index is -0.356. The van der Waals surface area contributed by atoms with Crippen LogP contribution in [0.2, 0.25) is 0 Å².